The molecule has 1 aliphatic heterocycles. The Kier molecular flexibility index (Phi) is 5.41. The van der Waals surface area contributed by atoms with Gasteiger partial charge in [0.2, 0.25) is 0 Å². The molecule has 1 aromatic carbocycles. The number of nitrogens with zero attached hydrogens (tertiary/aromatic N) is 1. The number of carboxylic acid groups (broad SMARTS) is 1. The molecule has 0 bridgehead atoms. The molecule has 1 aliphatic rings. The number of carbonyl (C=O) groups is 1. The molecule has 1 fully saturated rings. The van der Waals surface area contributed by atoms with E-state index in [4.69, 9.17) is 9.84 Å². The Morgan fingerprint density at radius 3 is 3.00 bits per heavy atom. The highest BCUT2D eigenvalue weighted by Crippen LogP contribution is 2.18. The fourth-order valence-corrected chi connectivity index (χ4v) is 2.73. The number of carboxylic acids is 1. The number of hydrogen-bond acceptors (Lipinski definition) is 3. The van der Waals surface area contributed by atoms with Crippen molar-refractivity contribution in [1.82, 2.24) is 4.90 Å². The SMILES string of the molecule is CC1CCCN(CCCOc2ccccc2C(=O)O)C1. The molecule has 1 N–H and O–H groups in total. The fourth-order valence-electron chi connectivity index (χ4n) is 2.73. The third-order valence-electron chi connectivity index (χ3n) is 3.73. The van der Waals surface area contributed by atoms with E-state index in [0.29, 0.717) is 12.4 Å². The molecule has 0 aliphatic carbocycles. The summed E-state index contributed by atoms with van der Waals surface area (Å²) >= 11 is 0. The predicted molar refractivity (Wildman–Crippen MR) is 78.4 cm³/mol. The third kappa shape index (κ3) is 4.23. The van der Waals surface area contributed by atoms with Crippen LogP contribution in [0.4, 0.5) is 0 Å². The highest BCUT2D eigenvalue weighted by atomic mass is 16.5. The van der Waals surface area contributed by atoms with Gasteiger partial charge in [0.15, 0.2) is 0 Å². The van der Waals surface area contributed by atoms with E-state index in [1.807, 2.05) is 0 Å². The van der Waals surface area contributed by atoms with E-state index < -0.39 is 5.97 Å². The molecule has 110 valence electrons. The molecule has 1 atom stereocenters. The van der Waals surface area contributed by atoms with Gasteiger partial charge in [0.05, 0.1) is 6.61 Å². The van der Waals surface area contributed by atoms with Crippen LogP contribution in [0.25, 0.3) is 0 Å². The standard InChI is InChI=1S/C16H23NO3/c1-13-6-4-9-17(12-13)10-5-11-20-15-8-3-2-7-14(15)16(18)19/h2-3,7-8,13H,4-6,9-12H2,1H3,(H,18,19). The van der Waals surface area contributed by atoms with Gasteiger partial charge in [0.25, 0.3) is 0 Å². The quantitative estimate of drug-likeness (QED) is 0.812. The molecule has 1 heterocycles. The Morgan fingerprint density at radius 2 is 2.25 bits per heavy atom. The van der Waals surface area contributed by atoms with Crippen LogP contribution in [-0.2, 0) is 0 Å². The topological polar surface area (TPSA) is 49.8 Å². The molecular formula is C16H23NO3. The van der Waals surface area contributed by atoms with Crippen LogP contribution in [-0.4, -0.2) is 42.2 Å². The molecule has 0 aromatic heterocycles. The minimum Gasteiger partial charge on any atom is -0.493 e. The van der Waals surface area contributed by atoms with E-state index in [1.54, 1.807) is 24.3 Å². The molecule has 1 saturated heterocycles. The molecule has 1 unspecified atom stereocenters. The lowest BCUT2D eigenvalue weighted by molar-refractivity contribution is 0.0692. The number of ether oxygens (including phenoxy) is 1. The first kappa shape index (κ1) is 14.9. The first-order valence-electron chi connectivity index (χ1n) is 7.34. The zero-order chi connectivity index (χ0) is 14.4. The highest BCUT2D eigenvalue weighted by Gasteiger charge is 2.15. The van der Waals surface area contributed by atoms with Crippen LogP contribution in [0, 0.1) is 5.92 Å². The lowest BCUT2D eigenvalue weighted by atomic mass is 10.0. The highest BCUT2D eigenvalue weighted by molar-refractivity contribution is 5.90. The van der Waals surface area contributed by atoms with E-state index in [0.717, 1.165) is 18.9 Å². The van der Waals surface area contributed by atoms with Crippen LogP contribution in [0.2, 0.25) is 0 Å². The van der Waals surface area contributed by atoms with Gasteiger partial charge in [-0.2, -0.15) is 0 Å². The minimum absolute atomic E-state index is 0.235. The normalized spacial score (nSPS) is 19.8. The predicted octanol–water partition coefficient (Wildman–Crippen LogP) is 2.89. The second-order valence-electron chi connectivity index (χ2n) is 5.55. The van der Waals surface area contributed by atoms with Crippen molar-refractivity contribution in [1.29, 1.82) is 0 Å². The van der Waals surface area contributed by atoms with E-state index >= 15 is 0 Å². The Balaban J connectivity index is 1.74. The minimum atomic E-state index is -0.939. The molecule has 4 nitrogen and oxygen atoms in total. The van der Waals surface area contributed by atoms with Crippen molar-refractivity contribution in [3.63, 3.8) is 0 Å². The zero-order valence-corrected chi connectivity index (χ0v) is 12.0. The maximum atomic E-state index is 11.0. The van der Waals surface area contributed by atoms with Gasteiger partial charge in [0.1, 0.15) is 11.3 Å². The zero-order valence-electron chi connectivity index (χ0n) is 12.0. The summed E-state index contributed by atoms with van der Waals surface area (Å²) < 4.78 is 5.61. The van der Waals surface area contributed by atoms with E-state index in [1.165, 1.54) is 25.9 Å². The first-order valence-corrected chi connectivity index (χ1v) is 7.34. The smallest absolute Gasteiger partial charge is 0.339 e. The number of benzene rings is 1. The number of piperidine rings is 1. The van der Waals surface area contributed by atoms with Crippen molar-refractivity contribution < 1.29 is 14.6 Å². The summed E-state index contributed by atoms with van der Waals surface area (Å²) in [6.45, 7) is 6.24. The summed E-state index contributed by atoms with van der Waals surface area (Å²) in [5.74, 6) is 0.315. The number of likely N-dealkylation sites (tertiary alicyclic amines) is 1. The maximum absolute atomic E-state index is 11.0. The van der Waals surface area contributed by atoms with Crippen molar-refractivity contribution >= 4 is 5.97 Å². The van der Waals surface area contributed by atoms with E-state index in [9.17, 15) is 4.79 Å². The molecule has 2 rings (SSSR count). The number of rotatable bonds is 6. The molecule has 0 saturated carbocycles. The van der Waals surface area contributed by atoms with Gasteiger partial charge in [-0.1, -0.05) is 19.1 Å². The average molecular weight is 277 g/mol. The molecular weight excluding hydrogens is 254 g/mol. The van der Waals surface area contributed by atoms with Gasteiger partial charge < -0.3 is 14.7 Å². The van der Waals surface area contributed by atoms with Crippen molar-refractivity contribution in [3.8, 4) is 5.75 Å². The van der Waals surface area contributed by atoms with Gasteiger partial charge in [0, 0.05) is 13.1 Å². The number of para-hydroxylation sites is 1. The summed E-state index contributed by atoms with van der Waals surface area (Å²) in [6, 6.07) is 6.80. The fraction of sp³-hybridized carbons (Fsp3) is 0.562. The Bertz CT molecular complexity index is 447. The van der Waals surface area contributed by atoms with E-state index in [-0.39, 0.29) is 5.56 Å². The summed E-state index contributed by atoms with van der Waals surface area (Å²) in [5.41, 5.74) is 0.235. The Morgan fingerprint density at radius 1 is 1.45 bits per heavy atom. The van der Waals surface area contributed by atoms with Crippen LogP contribution in [0.1, 0.15) is 36.5 Å². The van der Waals surface area contributed by atoms with Crippen LogP contribution in [0.3, 0.4) is 0 Å². The number of hydrogen-bond donors (Lipinski definition) is 1. The molecule has 0 spiro atoms. The van der Waals surface area contributed by atoms with Crippen LogP contribution >= 0.6 is 0 Å². The van der Waals surface area contributed by atoms with Gasteiger partial charge in [-0.3, -0.25) is 0 Å². The van der Waals surface area contributed by atoms with Gasteiger partial charge in [-0.15, -0.1) is 0 Å². The Labute approximate surface area is 120 Å². The third-order valence-corrected chi connectivity index (χ3v) is 3.73. The summed E-state index contributed by atoms with van der Waals surface area (Å²) in [5, 5.41) is 9.07. The van der Waals surface area contributed by atoms with Crippen molar-refractivity contribution in [2.45, 2.75) is 26.2 Å². The summed E-state index contributed by atoms with van der Waals surface area (Å²) in [4.78, 5) is 13.5. The first-order chi connectivity index (χ1) is 9.66. The largest absolute Gasteiger partial charge is 0.493 e. The summed E-state index contributed by atoms with van der Waals surface area (Å²) in [7, 11) is 0. The van der Waals surface area contributed by atoms with Crippen LogP contribution in [0.5, 0.6) is 5.75 Å². The molecule has 1 aromatic rings. The van der Waals surface area contributed by atoms with Crippen molar-refractivity contribution in [2.75, 3.05) is 26.2 Å². The molecule has 0 amide bonds. The second kappa shape index (κ2) is 7.29. The molecule has 20 heavy (non-hydrogen) atoms. The summed E-state index contributed by atoms with van der Waals surface area (Å²) in [6.07, 6.45) is 3.55. The van der Waals surface area contributed by atoms with Crippen LogP contribution < -0.4 is 4.74 Å². The lowest BCUT2D eigenvalue weighted by Crippen LogP contribution is -2.35. The maximum Gasteiger partial charge on any atom is 0.339 e. The van der Waals surface area contributed by atoms with Crippen molar-refractivity contribution in [3.05, 3.63) is 29.8 Å². The Hall–Kier alpha value is -1.55. The second-order valence-corrected chi connectivity index (χ2v) is 5.55. The van der Waals surface area contributed by atoms with Gasteiger partial charge in [-0.25, -0.2) is 4.79 Å². The average Bonchev–Trinajstić information content (AvgIpc) is 2.44. The van der Waals surface area contributed by atoms with Gasteiger partial charge in [-0.05, 0) is 43.9 Å². The molecule has 0 radical (unpaired) electrons. The molecule has 4 heteroatoms. The van der Waals surface area contributed by atoms with E-state index in [2.05, 4.69) is 11.8 Å². The monoisotopic (exact) mass is 277 g/mol. The lowest BCUT2D eigenvalue weighted by Gasteiger charge is -2.30. The number of aromatic carboxylic acids is 1. The van der Waals surface area contributed by atoms with Crippen molar-refractivity contribution in [2.24, 2.45) is 5.92 Å². The van der Waals surface area contributed by atoms with Gasteiger partial charge >= 0.3 is 5.97 Å². The van der Waals surface area contributed by atoms with Crippen LogP contribution in [0.15, 0.2) is 24.3 Å².